The van der Waals surface area contributed by atoms with Crippen LogP contribution in [0, 0.1) is 0 Å². The molecule has 19 heavy (non-hydrogen) atoms. The van der Waals surface area contributed by atoms with Gasteiger partial charge in [0.2, 0.25) is 0 Å². The first-order valence-electron chi connectivity index (χ1n) is 5.75. The highest BCUT2D eigenvalue weighted by atomic mass is 35.5. The molecule has 0 atom stereocenters. The molecule has 0 radical (unpaired) electrons. The van der Waals surface area contributed by atoms with Gasteiger partial charge in [0.05, 0.1) is 5.39 Å². The predicted molar refractivity (Wildman–Crippen MR) is 75.2 cm³/mol. The number of aromatic nitrogens is 3. The average molecular weight is 272 g/mol. The van der Waals surface area contributed by atoms with Crippen LogP contribution in [-0.4, -0.2) is 14.8 Å². The van der Waals surface area contributed by atoms with Gasteiger partial charge in [-0.25, -0.2) is 4.68 Å². The third-order valence-electron chi connectivity index (χ3n) is 2.90. The molecule has 0 aliphatic carbocycles. The molecular weight excluding hydrogens is 262 g/mol. The number of pyridine rings is 1. The lowest BCUT2D eigenvalue weighted by Crippen LogP contribution is -2.20. The van der Waals surface area contributed by atoms with Gasteiger partial charge in [-0.1, -0.05) is 23.7 Å². The van der Waals surface area contributed by atoms with Crippen molar-refractivity contribution >= 4 is 22.5 Å². The summed E-state index contributed by atoms with van der Waals surface area (Å²) >= 11 is 6.00. The average Bonchev–Trinajstić information content (AvgIpc) is 2.43. The van der Waals surface area contributed by atoms with E-state index in [1.807, 2.05) is 18.2 Å². The van der Waals surface area contributed by atoms with Gasteiger partial charge in [-0.05, 0) is 24.3 Å². The second-order valence-electron chi connectivity index (χ2n) is 4.19. The molecule has 4 nitrogen and oxygen atoms in total. The Hall–Kier alpha value is -2.20. The number of halogens is 1. The third-order valence-corrected chi connectivity index (χ3v) is 3.14. The van der Waals surface area contributed by atoms with Crippen LogP contribution in [-0.2, 0) is 7.05 Å². The van der Waals surface area contributed by atoms with Crippen LogP contribution >= 0.6 is 11.6 Å². The summed E-state index contributed by atoms with van der Waals surface area (Å²) in [5.41, 5.74) is 1.92. The lowest BCUT2D eigenvalue weighted by atomic mass is 10.1. The molecule has 0 amide bonds. The van der Waals surface area contributed by atoms with E-state index in [-0.39, 0.29) is 5.56 Å². The van der Waals surface area contributed by atoms with E-state index in [2.05, 4.69) is 10.1 Å². The minimum absolute atomic E-state index is 0.158. The third kappa shape index (κ3) is 2.00. The number of rotatable bonds is 1. The molecule has 3 rings (SSSR count). The van der Waals surface area contributed by atoms with E-state index in [0.29, 0.717) is 21.6 Å². The van der Waals surface area contributed by atoms with Crippen molar-refractivity contribution in [2.45, 2.75) is 0 Å². The van der Waals surface area contributed by atoms with Crippen molar-refractivity contribution < 1.29 is 0 Å². The molecule has 0 saturated carbocycles. The van der Waals surface area contributed by atoms with Crippen LogP contribution in [0.4, 0.5) is 0 Å². The Morgan fingerprint density at radius 2 is 2.05 bits per heavy atom. The molecule has 0 saturated heterocycles. The van der Waals surface area contributed by atoms with Crippen molar-refractivity contribution in [1.29, 1.82) is 0 Å². The maximum atomic E-state index is 12.0. The van der Waals surface area contributed by atoms with Crippen LogP contribution < -0.4 is 5.56 Å². The summed E-state index contributed by atoms with van der Waals surface area (Å²) in [6.07, 6.45) is 1.65. The predicted octanol–water partition coefficient (Wildman–Crippen LogP) is 2.65. The zero-order valence-corrected chi connectivity index (χ0v) is 10.9. The first-order valence-corrected chi connectivity index (χ1v) is 6.12. The van der Waals surface area contributed by atoms with E-state index in [0.717, 1.165) is 5.56 Å². The summed E-state index contributed by atoms with van der Waals surface area (Å²) in [7, 11) is 1.63. The van der Waals surface area contributed by atoms with E-state index in [4.69, 9.17) is 11.6 Å². The monoisotopic (exact) mass is 271 g/mol. The molecule has 2 heterocycles. The number of fused-ring (bicyclic) bond motifs is 1. The fourth-order valence-electron chi connectivity index (χ4n) is 2.01. The largest absolute Gasteiger partial charge is 0.275 e. The standard InChI is InChI=1S/C14H10ClN3O/c1-18-14(19)11-6-3-7-16-13(11)12(17-18)9-4-2-5-10(15)8-9/h2-8H,1H3. The van der Waals surface area contributed by atoms with Crippen LogP contribution in [0.2, 0.25) is 5.02 Å². The Labute approximate surface area is 114 Å². The van der Waals surface area contributed by atoms with Gasteiger partial charge in [-0.3, -0.25) is 9.78 Å². The lowest BCUT2D eigenvalue weighted by molar-refractivity contribution is 0.721. The number of benzene rings is 1. The van der Waals surface area contributed by atoms with Crippen LogP contribution in [0.3, 0.4) is 0 Å². The molecule has 0 aliphatic heterocycles. The van der Waals surface area contributed by atoms with E-state index in [1.54, 1.807) is 31.4 Å². The molecular formula is C14H10ClN3O. The van der Waals surface area contributed by atoms with Crippen molar-refractivity contribution in [3.8, 4) is 11.3 Å². The van der Waals surface area contributed by atoms with Crippen molar-refractivity contribution in [2.75, 3.05) is 0 Å². The normalized spacial score (nSPS) is 10.8. The highest BCUT2D eigenvalue weighted by Crippen LogP contribution is 2.24. The van der Waals surface area contributed by atoms with Gasteiger partial charge in [-0.2, -0.15) is 5.10 Å². The smallest absolute Gasteiger partial charge is 0.267 e. The topological polar surface area (TPSA) is 47.8 Å². The summed E-state index contributed by atoms with van der Waals surface area (Å²) in [6.45, 7) is 0. The number of hydrogen-bond acceptors (Lipinski definition) is 3. The van der Waals surface area contributed by atoms with Gasteiger partial charge in [0, 0.05) is 23.8 Å². The minimum Gasteiger partial charge on any atom is -0.267 e. The lowest BCUT2D eigenvalue weighted by Gasteiger charge is -2.07. The quantitative estimate of drug-likeness (QED) is 0.684. The van der Waals surface area contributed by atoms with E-state index < -0.39 is 0 Å². The molecule has 0 fully saturated rings. The van der Waals surface area contributed by atoms with Gasteiger partial charge in [-0.15, -0.1) is 0 Å². The molecule has 0 bridgehead atoms. The summed E-state index contributed by atoms with van der Waals surface area (Å²) in [5.74, 6) is 0. The Kier molecular flexibility index (Phi) is 2.80. The van der Waals surface area contributed by atoms with Crippen molar-refractivity contribution in [3.63, 3.8) is 0 Å². The molecule has 5 heteroatoms. The summed E-state index contributed by atoms with van der Waals surface area (Å²) in [5, 5.41) is 5.47. The van der Waals surface area contributed by atoms with Gasteiger partial charge in [0.15, 0.2) is 0 Å². The molecule has 0 spiro atoms. The Morgan fingerprint density at radius 1 is 1.21 bits per heavy atom. The van der Waals surface area contributed by atoms with Crippen LogP contribution in [0.5, 0.6) is 0 Å². The van der Waals surface area contributed by atoms with Gasteiger partial charge in [0.1, 0.15) is 11.2 Å². The molecule has 3 aromatic rings. The van der Waals surface area contributed by atoms with Gasteiger partial charge < -0.3 is 0 Å². The fourth-order valence-corrected chi connectivity index (χ4v) is 2.20. The second kappa shape index (κ2) is 4.48. The first-order chi connectivity index (χ1) is 9.16. The summed E-state index contributed by atoms with van der Waals surface area (Å²) in [6, 6.07) is 10.8. The maximum Gasteiger partial charge on any atom is 0.275 e. The number of hydrogen-bond donors (Lipinski definition) is 0. The Morgan fingerprint density at radius 3 is 2.84 bits per heavy atom. The Bertz CT molecular complexity index is 826. The maximum absolute atomic E-state index is 12.0. The van der Waals surface area contributed by atoms with Gasteiger partial charge >= 0.3 is 0 Å². The molecule has 94 valence electrons. The van der Waals surface area contributed by atoms with Crippen molar-refractivity contribution in [1.82, 2.24) is 14.8 Å². The second-order valence-corrected chi connectivity index (χ2v) is 4.62. The minimum atomic E-state index is -0.158. The zero-order chi connectivity index (χ0) is 13.4. The molecule has 0 aliphatic rings. The van der Waals surface area contributed by atoms with E-state index in [1.165, 1.54) is 4.68 Å². The van der Waals surface area contributed by atoms with E-state index >= 15 is 0 Å². The Balaban J connectivity index is 2.42. The highest BCUT2D eigenvalue weighted by Gasteiger charge is 2.11. The molecule has 0 unspecified atom stereocenters. The van der Waals surface area contributed by atoms with Crippen molar-refractivity contribution in [3.05, 3.63) is 58.0 Å². The number of aryl methyl sites for hydroxylation is 1. The van der Waals surface area contributed by atoms with Crippen LogP contribution in [0.1, 0.15) is 0 Å². The van der Waals surface area contributed by atoms with Gasteiger partial charge in [0.25, 0.3) is 5.56 Å². The van der Waals surface area contributed by atoms with Crippen LogP contribution in [0.15, 0.2) is 47.4 Å². The molecule has 2 aromatic heterocycles. The SMILES string of the molecule is Cn1nc(-c2cccc(Cl)c2)c2ncccc2c1=O. The summed E-state index contributed by atoms with van der Waals surface area (Å²) < 4.78 is 1.32. The molecule has 0 N–H and O–H groups in total. The first kappa shape index (κ1) is 11.9. The zero-order valence-electron chi connectivity index (χ0n) is 10.2. The van der Waals surface area contributed by atoms with Crippen LogP contribution in [0.25, 0.3) is 22.2 Å². The fraction of sp³-hybridized carbons (Fsp3) is 0.0714. The number of nitrogens with zero attached hydrogens (tertiary/aromatic N) is 3. The summed E-state index contributed by atoms with van der Waals surface area (Å²) in [4.78, 5) is 16.3. The van der Waals surface area contributed by atoms with Crippen molar-refractivity contribution in [2.24, 2.45) is 7.05 Å². The highest BCUT2D eigenvalue weighted by molar-refractivity contribution is 6.30. The molecule has 1 aromatic carbocycles. The van der Waals surface area contributed by atoms with E-state index in [9.17, 15) is 4.79 Å².